The Labute approximate surface area is 132 Å². The molecule has 0 saturated carbocycles. The summed E-state index contributed by atoms with van der Waals surface area (Å²) in [5.74, 6) is 0.254. The van der Waals surface area contributed by atoms with E-state index < -0.39 is 5.97 Å². The van der Waals surface area contributed by atoms with Crippen LogP contribution >= 0.6 is 11.6 Å². The largest absolute Gasteiger partial charge is 0.465 e. The van der Waals surface area contributed by atoms with Crippen LogP contribution in [0.25, 0.3) is 0 Å². The van der Waals surface area contributed by atoms with E-state index in [0.29, 0.717) is 22.6 Å². The van der Waals surface area contributed by atoms with E-state index in [1.54, 1.807) is 26.1 Å². The van der Waals surface area contributed by atoms with Crippen LogP contribution in [0.3, 0.4) is 0 Å². The van der Waals surface area contributed by atoms with E-state index in [4.69, 9.17) is 16.0 Å². The third kappa shape index (κ3) is 3.46. The molecule has 7 heteroatoms. The molecule has 0 aliphatic carbocycles. The van der Waals surface area contributed by atoms with E-state index >= 15 is 0 Å². The Morgan fingerprint density at radius 1 is 1.41 bits per heavy atom. The van der Waals surface area contributed by atoms with E-state index in [2.05, 4.69) is 9.72 Å². The van der Waals surface area contributed by atoms with Crippen molar-refractivity contribution >= 4 is 23.5 Å². The lowest BCUT2D eigenvalue weighted by Crippen LogP contribution is -2.26. The summed E-state index contributed by atoms with van der Waals surface area (Å²) in [5.41, 5.74) is 0.782. The van der Waals surface area contributed by atoms with Crippen molar-refractivity contribution < 1.29 is 18.7 Å². The predicted molar refractivity (Wildman–Crippen MR) is 79.8 cm³/mol. The Morgan fingerprint density at radius 2 is 2.14 bits per heavy atom. The lowest BCUT2D eigenvalue weighted by Gasteiger charge is -2.15. The maximum absolute atomic E-state index is 12.3. The average Bonchev–Trinajstić information content (AvgIpc) is 2.86. The third-order valence-corrected chi connectivity index (χ3v) is 3.29. The van der Waals surface area contributed by atoms with Crippen molar-refractivity contribution in [3.8, 4) is 0 Å². The lowest BCUT2D eigenvalue weighted by molar-refractivity contribution is 0.0598. The van der Waals surface area contributed by atoms with Gasteiger partial charge in [0, 0.05) is 18.8 Å². The Morgan fingerprint density at radius 3 is 2.77 bits per heavy atom. The highest BCUT2D eigenvalue weighted by molar-refractivity contribution is 6.29. The van der Waals surface area contributed by atoms with E-state index in [1.165, 1.54) is 24.3 Å². The Bertz CT molecular complexity index is 711. The minimum atomic E-state index is -0.470. The van der Waals surface area contributed by atoms with Gasteiger partial charge in [0.05, 0.1) is 13.7 Å². The number of carbonyl (C=O) groups excluding carboxylic acids is 2. The smallest absolute Gasteiger partial charge is 0.341 e. The molecule has 2 aromatic heterocycles. The van der Waals surface area contributed by atoms with Crippen LogP contribution in [0, 0.1) is 6.92 Å². The number of hydrogen-bond donors (Lipinski definition) is 0. The summed E-state index contributed by atoms with van der Waals surface area (Å²) in [6, 6.07) is 4.65. The first-order valence-electron chi connectivity index (χ1n) is 6.47. The van der Waals surface area contributed by atoms with Gasteiger partial charge in [0.2, 0.25) is 0 Å². The average molecular weight is 323 g/mol. The Balaban J connectivity index is 2.13. The van der Waals surface area contributed by atoms with Crippen LogP contribution < -0.4 is 0 Å². The van der Waals surface area contributed by atoms with Crippen LogP contribution in [0.15, 0.2) is 28.8 Å². The summed E-state index contributed by atoms with van der Waals surface area (Å²) in [6.07, 6.45) is 1.47. The van der Waals surface area contributed by atoms with Crippen molar-refractivity contribution in [3.63, 3.8) is 0 Å². The van der Waals surface area contributed by atoms with E-state index in [9.17, 15) is 9.59 Å². The van der Waals surface area contributed by atoms with Crippen LogP contribution in [-0.4, -0.2) is 35.9 Å². The first kappa shape index (κ1) is 16.0. The summed E-state index contributed by atoms with van der Waals surface area (Å²) in [6.45, 7) is 1.89. The normalized spacial score (nSPS) is 10.4. The maximum Gasteiger partial charge on any atom is 0.341 e. The van der Waals surface area contributed by atoms with Gasteiger partial charge in [-0.15, -0.1) is 0 Å². The maximum atomic E-state index is 12.3. The molecule has 22 heavy (non-hydrogen) atoms. The molecular weight excluding hydrogens is 308 g/mol. The molecule has 0 aliphatic heterocycles. The van der Waals surface area contributed by atoms with Crippen molar-refractivity contribution in [1.29, 1.82) is 0 Å². The van der Waals surface area contributed by atoms with Crippen LogP contribution in [-0.2, 0) is 11.3 Å². The Kier molecular flexibility index (Phi) is 4.82. The van der Waals surface area contributed by atoms with Gasteiger partial charge in [0.1, 0.15) is 22.2 Å². The van der Waals surface area contributed by atoms with Crippen LogP contribution in [0.5, 0.6) is 0 Å². The van der Waals surface area contributed by atoms with Gasteiger partial charge in [-0.3, -0.25) is 4.79 Å². The van der Waals surface area contributed by atoms with Crippen molar-refractivity contribution in [2.24, 2.45) is 0 Å². The molecule has 0 bridgehead atoms. The number of methoxy groups -OCH3 is 1. The second-order valence-corrected chi connectivity index (χ2v) is 5.09. The quantitative estimate of drug-likeness (QED) is 0.639. The monoisotopic (exact) mass is 322 g/mol. The minimum absolute atomic E-state index is 0.219. The second-order valence-electron chi connectivity index (χ2n) is 4.70. The van der Waals surface area contributed by atoms with Gasteiger partial charge in [0.15, 0.2) is 0 Å². The van der Waals surface area contributed by atoms with Gasteiger partial charge in [0.25, 0.3) is 5.91 Å². The standard InChI is InChI=1S/C15H15ClN2O4/c1-9-12(15(20)21-3)7-11(22-9)8-18(2)14(19)10-4-5-17-13(16)6-10/h4-7H,8H2,1-3H3. The second kappa shape index (κ2) is 6.62. The number of esters is 1. The number of pyridine rings is 1. The number of ether oxygens (including phenoxy) is 1. The number of aromatic nitrogens is 1. The first-order chi connectivity index (χ1) is 10.4. The van der Waals surface area contributed by atoms with Crippen LogP contribution in [0.1, 0.15) is 32.2 Å². The zero-order chi connectivity index (χ0) is 16.3. The van der Waals surface area contributed by atoms with E-state index in [0.717, 1.165) is 0 Å². The molecule has 1 amide bonds. The molecule has 0 atom stereocenters. The number of furan rings is 1. The highest BCUT2D eigenvalue weighted by Crippen LogP contribution is 2.18. The molecule has 0 saturated heterocycles. The molecule has 0 aliphatic rings. The fraction of sp³-hybridized carbons (Fsp3) is 0.267. The van der Waals surface area contributed by atoms with Crippen LogP contribution in [0.4, 0.5) is 0 Å². The number of halogens is 1. The van der Waals surface area contributed by atoms with Crippen molar-refractivity contribution in [2.75, 3.05) is 14.2 Å². The number of rotatable bonds is 4. The molecule has 2 rings (SSSR count). The summed E-state index contributed by atoms with van der Waals surface area (Å²) in [5, 5.41) is 0.251. The number of aryl methyl sites for hydroxylation is 1. The third-order valence-electron chi connectivity index (χ3n) is 3.09. The summed E-state index contributed by atoms with van der Waals surface area (Å²) in [4.78, 5) is 29.1. The van der Waals surface area contributed by atoms with Gasteiger partial charge in [-0.25, -0.2) is 9.78 Å². The zero-order valence-corrected chi connectivity index (χ0v) is 13.2. The number of hydrogen-bond acceptors (Lipinski definition) is 5. The SMILES string of the molecule is COC(=O)c1cc(CN(C)C(=O)c2ccnc(Cl)c2)oc1C. The molecule has 6 nitrogen and oxygen atoms in total. The fourth-order valence-electron chi connectivity index (χ4n) is 2.00. The van der Waals surface area contributed by atoms with Gasteiger partial charge < -0.3 is 14.1 Å². The molecule has 2 aromatic rings. The highest BCUT2D eigenvalue weighted by atomic mass is 35.5. The highest BCUT2D eigenvalue weighted by Gasteiger charge is 2.18. The Hall–Kier alpha value is -2.34. The molecule has 0 unspecified atom stereocenters. The van der Waals surface area contributed by atoms with Crippen molar-refractivity contribution in [3.05, 3.63) is 52.2 Å². The molecule has 116 valence electrons. The molecule has 0 aromatic carbocycles. The van der Waals surface area contributed by atoms with Crippen LogP contribution in [0.2, 0.25) is 5.15 Å². The van der Waals surface area contributed by atoms with E-state index in [-0.39, 0.29) is 17.6 Å². The van der Waals surface area contributed by atoms with Crippen molar-refractivity contribution in [2.45, 2.75) is 13.5 Å². The fourth-order valence-corrected chi connectivity index (χ4v) is 2.17. The van der Waals surface area contributed by atoms with Crippen molar-refractivity contribution in [1.82, 2.24) is 9.88 Å². The summed E-state index contributed by atoms with van der Waals surface area (Å²) < 4.78 is 10.1. The number of amides is 1. The lowest BCUT2D eigenvalue weighted by atomic mass is 10.2. The molecule has 0 spiro atoms. The summed E-state index contributed by atoms with van der Waals surface area (Å²) in [7, 11) is 2.93. The molecule has 2 heterocycles. The molecule has 0 N–H and O–H groups in total. The van der Waals surface area contributed by atoms with Gasteiger partial charge in [-0.1, -0.05) is 11.6 Å². The van der Waals surface area contributed by atoms with E-state index in [1.807, 2.05) is 0 Å². The summed E-state index contributed by atoms with van der Waals surface area (Å²) >= 11 is 5.78. The molecular formula is C15H15ClN2O4. The van der Waals surface area contributed by atoms with Gasteiger partial charge in [-0.2, -0.15) is 0 Å². The number of carbonyl (C=O) groups is 2. The molecule has 0 radical (unpaired) electrons. The zero-order valence-electron chi connectivity index (χ0n) is 12.4. The number of nitrogens with zero attached hydrogens (tertiary/aromatic N) is 2. The predicted octanol–water partition coefficient (Wildman–Crippen LogP) is 2.70. The molecule has 0 fully saturated rings. The van der Waals surface area contributed by atoms with Gasteiger partial charge in [-0.05, 0) is 25.1 Å². The first-order valence-corrected chi connectivity index (χ1v) is 6.84. The topological polar surface area (TPSA) is 72.6 Å². The van der Waals surface area contributed by atoms with Gasteiger partial charge >= 0.3 is 5.97 Å². The minimum Gasteiger partial charge on any atom is -0.465 e.